The number of halogens is 8. The van der Waals surface area contributed by atoms with Crippen LogP contribution in [0.2, 0.25) is 10.3 Å². The molecule has 7 nitrogen and oxygen atoms in total. The Morgan fingerprint density at radius 2 is 2.00 bits per heavy atom. The van der Waals surface area contributed by atoms with Crippen LogP contribution in [0, 0.1) is 5.92 Å². The van der Waals surface area contributed by atoms with E-state index in [2.05, 4.69) is 20.9 Å². The molecule has 1 N–H and O–H groups in total. The Kier molecular flexibility index (Phi) is 6.99. The van der Waals surface area contributed by atoms with E-state index >= 15 is 0 Å². The number of nitrogens with zero attached hydrogens (tertiary/aromatic N) is 2. The maximum atomic E-state index is 12.9. The van der Waals surface area contributed by atoms with Gasteiger partial charge in [-0.3, -0.25) is 4.79 Å². The van der Waals surface area contributed by atoms with E-state index < -0.39 is 63.0 Å². The standard InChI is InChI=1S/C16H11BrCl2F5N3O4S/c17-13-12(25-15(19)27(13)9-4-7(9)16(22,23)24)14(28)26-32(29,30)10-3-6(1-2-8(10)18)31-5-11(20)21/h1-3,7,9,11H,4-5H2,(H,26,28)/t7-,9-/m1/s1. The zero-order valence-electron chi connectivity index (χ0n) is 15.3. The van der Waals surface area contributed by atoms with Gasteiger partial charge in [0, 0.05) is 12.1 Å². The summed E-state index contributed by atoms with van der Waals surface area (Å²) in [4.78, 5) is 15.5. The van der Waals surface area contributed by atoms with Crippen molar-refractivity contribution in [2.75, 3.05) is 6.61 Å². The first-order valence-electron chi connectivity index (χ1n) is 8.50. The third kappa shape index (κ3) is 5.29. The number of alkyl halides is 5. The largest absolute Gasteiger partial charge is 0.488 e. The molecule has 3 rings (SSSR count). The summed E-state index contributed by atoms with van der Waals surface area (Å²) in [7, 11) is -4.65. The Bertz CT molecular complexity index is 1160. The zero-order valence-corrected chi connectivity index (χ0v) is 19.3. The lowest BCUT2D eigenvalue weighted by Gasteiger charge is -2.11. The molecule has 16 heteroatoms. The number of nitrogens with one attached hydrogen (secondary N) is 1. The van der Waals surface area contributed by atoms with Crippen LogP contribution in [0.5, 0.6) is 5.75 Å². The summed E-state index contributed by atoms with van der Waals surface area (Å²) in [6.07, 6.45) is -7.57. The van der Waals surface area contributed by atoms with Gasteiger partial charge in [-0.15, -0.1) is 0 Å². The number of carbonyl (C=O) groups is 1. The summed E-state index contributed by atoms with van der Waals surface area (Å²) in [5, 5.41) is -0.792. The van der Waals surface area contributed by atoms with Crippen molar-refractivity contribution in [2.24, 2.45) is 5.92 Å². The molecule has 1 saturated carbocycles. The summed E-state index contributed by atoms with van der Waals surface area (Å²) < 4.78 is 95.5. The summed E-state index contributed by atoms with van der Waals surface area (Å²) in [6, 6.07) is 1.95. The van der Waals surface area contributed by atoms with Crippen molar-refractivity contribution in [1.82, 2.24) is 14.3 Å². The molecule has 1 fully saturated rings. The number of amides is 1. The number of rotatable bonds is 7. The number of sulfonamides is 1. The van der Waals surface area contributed by atoms with Crippen LogP contribution < -0.4 is 9.46 Å². The number of carbonyl (C=O) groups excluding carboxylic acids is 1. The summed E-state index contributed by atoms with van der Waals surface area (Å²) in [5.74, 6) is -3.24. The summed E-state index contributed by atoms with van der Waals surface area (Å²) >= 11 is 14.7. The first-order chi connectivity index (χ1) is 14.7. The molecule has 32 heavy (non-hydrogen) atoms. The van der Waals surface area contributed by atoms with Crippen LogP contribution in [-0.4, -0.2) is 43.1 Å². The van der Waals surface area contributed by atoms with E-state index in [0.717, 1.165) is 22.8 Å². The van der Waals surface area contributed by atoms with Crippen LogP contribution in [0.4, 0.5) is 22.0 Å². The molecule has 1 aromatic carbocycles. The molecule has 1 aliphatic rings. The van der Waals surface area contributed by atoms with Crippen LogP contribution in [-0.2, 0) is 10.0 Å². The van der Waals surface area contributed by atoms with E-state index in [-0.39, 0.29) is 21.8 Å². The topological polar surface area (TPSA) is 90.3 Å². The number of aromatic nitrogens is 2. The van der Waals surface area contributed by atoms with Gasteiger partial charge in [-0.05, 0) is 46.1 Å². The van der Waals surface area contributed by atoms with Gasteiger partial charge in [0.2, 0.25) is 5.28 Å². The minimum absolute atomic E-state index is 0.243. The van der Waals surface area contributed by atoms with Gasteiger partial charge in [-0.25, -0.2) is 26.9 Å². The minimum atomic E-state index is -4.65. The molecule has 0 saturated heterocycles. The fourth-order valence-corrected chi connectivity index (χ4v) is 5.36. The van der Waals surface area contributed by atoms with Gasteiger partial charge in [0.15, 0.2) is 5.69 Å². The lowest BCUT2D eigenvalue weighted by molar-refractivity contribution is -0.150. The maximum Gasteiger partial charge on any atom is 0.393 e. The van der Waals surface area contributed by atoms with Crippen molar-refractivity contribution in [3.63, 3.8) is 0 Å². The monoisotopic (exact) mass is 585 g/mol. The van der Waals surface area contributed by atoms with E-state index in [0.29, 0.717) is 0 Å². The zero-order chi connectivity index (χ0) is 24.0. The quantitative estimate of drug-likeness (QED) is 0.469. The van der Waals surface area contributed by atoms with Gasteiger partial charge in [0.25, 0.3) is 22.4 Å². The molecule has 0 radical (unpaired) electrons. The first kappa shape index (κ1) is 25.0. The van der Waals surface area contributed by atoms with Gasteiger partial charge >= 0.3 is 6.18 Å². The fourth-order valence-electron chi connectivity index (χ4n) is 2.80. The van der Waals surface area contributed by atoms with Gasteiger partial charge in [-0.2, -0.15) is 13.2 Å². The number of imidazole rings is 1. The summed E-state index contributed by atoms with van der Waals surface area (Å²) in [5.41, 5.74) is -0.576. The van der Waals surface area contributed by atoms with Crippen LogP contribution >= 0.6 is 39.1 Å². The second-order valence-electron chi connectivity index (χ2n) is 6.57. The van der Waals surface area contributed by atoms with E-state index in [4.69, 9.17) is 27.9 Å². The van der Waals surface area contributed by atoms with Gasteiger partial charge in [0.05, 0.1) is 10.9 Å². The fraction of sp³-hybridized carbons (Fsp3) is 0.375. The highest BCUT2D eigenvalue weighted by atomic mass is 79.9. The molecule has 2 aromatic rings. The van der Waals surface area contributed by atoms with Crippen molar-refractivity contribution in [1.29, 1.82) is 0 Å². The Morgan fingerprint density at radius 3 is 2.56 bits per heavy atom. The van der Waals surface area contributed by atoms with Gasteiger partial charge < -0.3 is 9.30 Å². The highest BCUT2D eigenvalue weighted by Crippen LogP contribution is 2.55. The second kappa shape index (κ2) is 8.95. The van der Waals surface area contributed by atoms with Gasteiger partial charge in [0.1, 0.15) is 21.9 Å². The number of ether oxygens (including phenoxy) is 1. The van der Waals surface area contributed by atoms with Gasteiger partial charge in [-0.1, -0.05) is 11.6 Å². The third-order valence-corrected chi connectivity index (χ3v) is 7.17. The molecule has 0 spiro atoms. The van der Waals surface area contributed by atoms with Crippen LogP contribution in [0.15, 0.2) is 27.7 Å². The lowest BCUT2D eigenvalue weighted by atomic mass is 10.3. The van der Waals surface area contributed by atoms with Crippen molar-refractivity contribution in [3.05, 3.63) is 38.8 Å². The average Bonchev–Trinajstić information content (AvgIpc) is 3.40. The molecule has 1 amide bonds. The molecule has 1 aliphatic carbocycles. The Morgan fingerprint density at radius 1 is 1.34 bits per heavy atom. The number of benzene rings is 1. The summed E-state index contributed by atoms with van der Waals surface area (Å²) in [6.45, 7) is -1.00. The predicted octanol–water partition coefficient (Wildman–Crippen LogP) is 4.84. The second-order valence-corrected chi connectivity index (χ2v) is 9.72. The third-order valence-electron chi connectivity index (χ3n) is 4.33. The van der Waals surface area contributed by atoms with E-state index in [9.17, 15) is 35.2 Å². The molecule has 0 aliphatic heterocycles. The molecular formula is C16H11BrCl2F5N3O4S. The molecule has 2 atom stereocenters. The Hall–Kier alpha value is -1.64. The number of hydrogen-bond donors (Lipinski definition) is 1. The van der Waals surface area contributed by atoms with Crippen molar-refractivity contribution < 1.29 is 39.9 Å². The van der Waals surface area contributed by atoms with E-state index in [1.807, 2.05) is 0 Å². The number of hydrogen-bond acceptors (Lipinski definition) is 5. The Balaban J connectivity index is 1.83. The van der Waals surface area contributed by atoms with Crippen molar-refractivity contribution in [2.45, 2.75) is 30.0 Å². The van der Waals surface area contributed by atoms with Crippen LogP contribution in [0.25, 0.3) is 0 Å². The SMILES string of the molecule is O=C(NS(=O)(=O)c1cc(OCC(F)F)ccc1Cl)c1nc(Cl)n([C@@H]2C[C@H]2C(F)(F)F)c1Br. The molecule has 1 heterocycles. The lowest BCUT2D eigenvalue weighted by Crippen LogP contribution is -2.31. The predicted molar refractivity (Wildman–Crippen MR) is 106 cm³/mol. The molecule has 0 bridgehead atoms. The van der Waals surface area contributed by atoms with Crippen molar-refractivity contribution in [3.8, 4) is 5.75 Å². The average molecular weight is 587 g/mol. The molecule has 1 aromatic heterocycles. The van der Waals surface area contributed by atoms with Crippen molar-refractivity contribution >= 4 is 55.1 Å². The highest BCUT2D eigenvalue weighted by molar-refractivity contribution is 9.10. The normalized spacial score (nSPS) is 18.7. The molecule has 176 valence electrons. The first-order valence-corrected chi connectivity index (χ1v) is 11.5. The maximum absolute atomic E-state index is 12.9. The van der Waals surface area contributed by atoms with E-state index in [1.165, 1.54) is 0 Å². The molecule has 0 unspecified atom stereocenters. The van der Waals surface area contributed by atoms with Crippen LogP contribution in [0.1, 0.15) is 23.0 Å². The van der Waals surface area contributed by atoms with Crippen LogP contribution in [0.3, 0.4) is 0 Å². The molecular weight excluding hydrogens is 576 g/mol. The smallest absolute Gasteiger partial charge is 0.393 e. The Labute approximate surface area is 196 Å². The van der Waals surface area contributed by atoms with E-state index in [1.54, 1.807) is 4.72 Å². The minimum Gasteiger partial charge on any atom is -0.488 e. The highest BCUT2D eigenvalue weighted by Gasteiger charge is 2.57.